The van der Waals surface area contributed by atoms with E-state index in [0.29, 0.717) is 0 Å². The molecule has 1 rings (SSSR count). The molecule has 0 saturated carbocycles. The van der Waals surface area contributed by atoms with Crippen molar-refractivity contribution in [3.8, 4) is 0 Å². The molecule has 0 amide bonds. The van der Waals surface area contributed by atoms with Crippen molar-refractivity contribution in [3.05, 3.63) is 34.9 Å². The van der Waals surface area contributed by atoms with Gasteiger partial charge in [0, 0.05) is 5.75 Å². The van der Waals surface area contributed by atoms with Crippen LogP contribution >= 0.6 is 11.8 Å². The number of benzene rings is 1. The molecule has 1 aromatic carbocycles. The Morgan fingerprint density at radius 2 is 1.88 bits per heavy atom. The fraction of sp³-hybridized carbons (Fsp3) is 0.571. The molecule has 1 unspecified atom stereocenters. The Balaban J connectivity index is 2.52. The second-order valence-electron chi connectivity index (χ2n) is 4.30. The normalized spacial score (nSPS) is 12.8. The minimum Gasteiger partial charge on any atom is -0.392 e. The molecule has 0 fully saturated rings. The molecule has 0 aliphatic carbocycles. The highest BCUT2D eigenvalue weighted by Crippen LogP contribution is 2.17. The molecule has 0 spiro atoms. The predicted molar refractivity (Wildman–Crippen MR) is 73.2 cm³/mol. The molecule has 0 aromatic heterocycles. The van der Waals surface area contributed by atoms with E-state index < -0.39 is 0 Å². The summed E-state index contributed by atoms with van der Waals surface area (Å²) in [6, 6.07) is 6.31. The molecule has 1 nitrogen and oxygen atoms in total. The van der Waals surface area contributed by atoms with Crippen molar-refractivity contribution < 1.29 is 5.11 Å². The number of hydrogen-bond acceptors (Lipinski definition) is 2. The van der Waals surface area contributed by atoms with Crippen LogP contribution in [0.3, 0.4) is 0 Å². The van der Waals surface area contributed by atoms with Crippen molar-refractivity contribution >= 4 is 11.8 Å². The Hall–Kier alpha value is -0.470. The second-order valence-corrected chi connectivity index (χ2v) is 5.45. The van der Waals surface area contributed by atoms with Gasteiger partial charge in [0.25, 0.3) is 0 Å². The van der Waals surface area contributed by atoms with Crippen molar-refractivity contribution in [1.29, 1.82) is 0 Å². The second kappa shape index (κ2) is 6.97. The first-order chi connectivity index (χ1) is 7.65. The van der Waals surface area contributed by atoms with Gasteiger partial charge >= 0.3 is 0 Å². The lowest BCUT2D eigenvalue weighted by atomic mass is 9.98. The van der Waals surface area contributed by atoms with E-state index in [4.69, 9.17) is 0 Å². The molecule has 0 radical (unpaired) electrons. The summed E-state index contributed by atoms with van der Waals surface area (Å²) in [7, 11) is 0. The van der Waals surface area contributed by atoms with E-state index in [9.17, 15) is 5.11 Å². The van der Waals surface area contributed by atoms with Gasteiger partial charge in [-0.25, -0.2) is 0 Å². The van der Waals surface area contributed by atoms with E-state index >= 15 is 0 Å². The topological polar surface area (TPSA) is 20.2 Å². The highest BCUT2D eigenvalue weighted by Gasteiger charge is 2.09. The third-order valence-electron chi connectivity index (χ3n) is 2.74. The summed E-state index contributed by atoms with van der Waals surface area (Å²) in [5, 5.41) is 9.96. The Labute approximate surface area is 103 Å². The molecule has 0 heterocycles. The molecule has 2 heteroatoms. The average molecular weight is 238 g/mol. The quantitative estimate of drug-likeness (QED) is 0.767. The van der Waals surface area contributed by atoms with E-state index in [-0.39, 0.29) is 6.10 Å². The Bertz CT molecular complexity index is 302. The molecule has 16 heavy (non-hydrogen) atoms. The van der Waals surface area contributed by atoms with Crippen LogP contribution in [-0.2, 0) is 6.42 Å². The first kappa shape index (κ1) is 13.6. The summed E-state index contributed by atoms with van der Waals surface area (Å²) in [5.41, 5.74) is 3.89. The summed E-state index contributed by atoms with van der Waals surface area (Å²) < 4.78 is 0. The van der Waals surface area contributed by atoms with Crippen molar-refractivity contribution in [2.45, 2.75) is 39.7 Å². The van der Waals surface area contributed by atoms with E-state index in [0.717, 1.165) is 17.9 Å². The van der Waals surface area contributed by atoms with Crippen LogP contribution in [0.25, 0.3) is 0 Å². The maximum Gasteiger partial charge on any atom is 0.0671 e. The van der Waals surface area contributed by atoms with Gasteiger partial charge in [-0.1, -0.05) is 25.1 Å². The van der Waals surface area contributed by atoms with Crippen LogP contribution in [0.4, 0.5) is 0 Å². The van der Waals surface area contributed by atoms with Crippen LogP contribution in [0.5, 0.6) is 0 Å². The summed E-state index contributed by atoms with van der Waals surface area (Å²) in [5.74, 6) is 1.99. The number of aliphatic hydroxyl groups excluding tert-OH is 1. The summed E-state index contributed by atoms with van der Waals surface area (Å²) in [4.78, 5) is 0. The van der Waals surface area contributed by atoms with E-state index in [2.05, 4.69) is 39.0 Å². The van der Waals surface area contributed by atoms with E-state index in [1.54, 1.807) is 0 Å². The third-order valence-corrected chi connectivity index (χ3v) is 4.06. The summed E-state index contributed by atoms with van der Waals surface area (Å²) in [6.45, 7) is 6.41. The van der Waals surface area contributed by atoms with Gasteiger partial charge in [0.1, 0.15) is 0 Å². The van der Waals surface area contributed by atoms with Gasteiger partial charge in [0.2, 0.25) is 0 Å². The SMILES string of the molecule is CCCSCC(O)Cc1c(C)cccc1C. The zero-order valence-corrected chi connectivity index (χ0v) is 11.3. The molecule has 0 bridgehead atoms. The Morgan fingerprint density at radius 1 is 1.25 bits per heavy atom. The zero-order chi connectivity index (χ0) is 12.0. The highest BCUT2D eigenvalue weighted by atomic mass is 32.2. The van der Waals surface area contributed by atoms with Gasteiger partial charge in [-0.15, -0.1) is 0 Å². The largest absolute Gasteiger partial charge is 0.392 e. The lowest BCUT2D eigenvalue weighted by Gasteiger charge is -2.14. The zero-order valence-electron chi connectivity index (χ0n) is 10.5. The fourth-order valence-corrected chi connectivity index (χ4v) is 2.67. The van der Waals surface area contributed by atoms with Crippen molar-refractivity contribution in [3.63, 3.8) is 0 Å². The lowest BCUT2D eigenvalue weighted by molar-refractivity contribution is 0.199. The van der Waals surface area contributed by atoms with Gasteiger partial charge in [-0.05, 0) is 49.1 Å². The van der Waals surface area contributed by atoms with E-state index in [1.165, 1.54) is 23.1 Å². The first-order valence-corrected chi connectivity index (χ1v) is 7.11. The van der Waals surface area contributed by atoms with Gasteiger partial charge in [-0.3, -0.25) is 0 Å². The summed E-state index contributed by atoms with van der Waals surface area (Å²) in [6.07, 6.45) is 1.76. The first-order valence-electron chi connectivity index (χ1n) is 5.96. The molecule has 1 atom stereocenters. The Morgan fingerprint density at radius 3 is 2.44 bits per heavy atom. The number of thioether (sulfide) groups is 1. The molecule has 1 N–H and O–H groups in total. The number of aryl methyl sites for hydroxylation is 2. The van der Waals surface area contributed by atoms with Crippen molar-refractivity contribution in [2.24, 2.45) is 0 Å². The third kappa shape index (κ3) is 4.18. The van der Waals surface area contributed by atoms with Gasteiger partial charge in [0.05, 0.1) is 6.10 Å². The van der Waals surface area contributed by atoms with Crippen molar-refractivity contribution in [1.82, 2.24) is 0 Å². The fourth-order valence-electron chi connectivity index (χ4n) is 1.83. The van der Waals surface area contributed by atoms with Crippen LogP contribution in [0.2, 0.25) is 0 Å². The monoisotopic (exact) mass is 238 g/mol. The standard InChI is InChI=1S/C14H22OS/c1-4-8-16-10-13(15)9-14-11(2)6-5-7-12(14)3/h5-7,13,15H,4,8-10H2,1-3H3. The summed E-state index contributed by atoms with van der Waals surface area (Å²) >= 11 is 1.84. The maximum atomic E-state index is 9.96. The Kier molecular flexibility index (Phi) is 5.93. The minimum atomic E-state index is -0.212. The maximum absolute atomic E-state index is 9.96. The molecule has 90 valence electrons. The van der Waals surface area contributed by atoms with Gasteiger partial charge in [0.15, 0.2) is 0 Å². The minimum absolute atomic E-state index is 0.212. The number of hydrogen-bond donors (Lipinski definition) is 1. The number of rotatable bonds is 6. The lowest BCUT2D eigenvalue weighted by Crippen LogP contribution is -2.15. The molecular weight excluding hydrogens is 216 g/mol. The van der Waals surface area contributed by atoms with E-state index in [1.807, 2.05) is 11.8 Å². The molecule has 0 saturated heterocycles. The average Bonchev–Trinajstić information content (AvgIpc) is 2.24. The van der Waals surface area contributed by atoms with Crippen LogP contribution in [0.15, 0.2) is 18.2 Å². The predicted octanol–water partition coefficient (Wildman–Crippen LogP) is 3.35. The molecule has 1 aromatic rings. The van der Waals surface area contributed by atoms with Crippen LogP contribution < -0.4 is 0 Å². The smallest absolute Gasteiger partial charge is 0.0671 e. The van der Waals surface area contributed by atoms with Crippen molar-refractivity contribution in [2.75, 3.05) is 11.5 Å². The van der Waals surface area contributed by atoms with Crippen LogP contribution in [-0.4, -0.2) is 22.7 Å². The van der Waals surface area contributed by atoms with Crippen LogP contribution in [0, 0.1) is 13.8 Å². The highest BCUT2D eigenvalue weighted by molar-refractivity contribution is 7.99. The van der Waals surface area contributed by atoms with Gasteiger partial charge in [-0.2, -0.15) is 11.8 Å². The molecule has 0 aliphatic rings. The number of aliphatic hydroxyl groups is 1. The molecule has 0 aliphatic heterocycles. The molecular formula is C14H22OS. The van der Waals surface area contributed by atoms with Crippen LogP contribution in [0.1, 0.15) is 30.0 Å². The van der Waals surface area contributed by atoms with Gasteiger partial charge < -0.3 is 5.11 Å².